The number of halogens is 3. The topological polar surface area (TPSA) is 90.1 Å². The molecule has 0 fully saturated rings. The molecule has 2 heterocycles. The molecule has 3 N–H and O–H groups in total. The van der Waals surface area contributed by atoms with Gasteiger partial charge in [-0.25, -0.2) is 9.97 Å². The molecular formula is C21H21F3N4O2S. The summed E-state index contributed by atoms with van der Waals surface area (Å²) in [6.07, 6.45) is -3.10. The van der Waals surface area contributed by atoms with Gasteiger partial charge in [0.1, 0.15) is 10.7 Å². The third-order valence-corrected chi connectivity index (χ3v) is 4.76. The third-order valence-electron chi connectivity index (χ3n) is 3.87. The zero-order valence-electron chi connectivity index (χ0n) is 15.8. The van der Waals surface area contributed by atoms with Gasteiger partial charge in [0.2, 0.25) is 5.88 Å². The van der Waals surface area contributed by atoms with Gasteiger partial charge in [0.05, 0.1) is 5.69 Å². The maximum absolute atomic E-state index is 12.6. The van der Waals surface area contributed by atoms with Crippen LogP contribution in [0.4, 0.5) is 18.9 Å². The van der Waals surface area contributed by atoms with Crippen LogP contribution in [-0.2, 0) is 0 Å². The first-order chi connectivity index (χ1) is 14.1. The first-order valence-corrected chi connectivity index (χ1v) is 9.48. The van der Waals surface area contributed by atoms with E-state index >= 15 is 0 Å². The molecule has 2 aromatic heterocycles. The molecule has 10 heteroatoms. The first kappa shape index (κ1) is 23.9. The van der Waals surface area contributed by atoms with E-state index in [1.165, 1.54) is 29.7 Å². The molecule has 6 nitrogen and oxygen atoms in total. The van der Waals surface area contributed by atoms with E-state index in [0.717, 1.165) is 5.56 Å². The lowest BCUT2D eigenvalue weighted by atomic mass is 10.1. The van der Waals surface area contributed by atoms with E-state index in [1.807, 2.05) is 13.0 Å². The highest BCUT2D eigenvalue weighted by atomic mass is 32.1. The lowest BCUT2D eigenvalue weighted by Gasteiger charge is -2.11. The molecule has 0 atom stereocenters. The number of nitrogens with zero attached hydrogens (tertiary/aromatic N) is 2. The van der Waals surface area contributed by atoms with Crippen molar-refractivity contribution in [3.05, 3.63) is 65.3 Å². The van der Waals surface area contributed by atoms with E-state index < -0.39 is 18.7 Å². The maximum atomic E-state index is 12.6. The van der Waals surface area contributed by atoms with Gasteiger partial charge in [-0.2, -0.15) is 13.2 Å². The predicted molar refractivity (Wildman–Crippen MR) is 116 cm³/mol. The lowest BCUT2D eigenvalue weighted by Crippen LogP contribution is -2.19. The molecular weight excluding hydrogens is 429 g/mol. The molecule has 1 aromatic carbocycles. The smallest absolute Gasteiger partial charge is 0.422 e. The fourth-order valence-corrected chi connectivity index (χ4v) is 3.28. The standard InChI is InChI=1S/C20H17F3N4O2S.CH4/c1-11-3-5-14(12(2)24)15(7-11)26-18(28)16-9-30-19(27-16)13-4-6-17(25-8-13)29-10-20(21,22)23;/h3-9H,2,10,24H2,1H3,(H,26,28);1H4. The summed E-state index contributed by atoms with van der Waals surface area (Å²) < 4.78 is 41.2. The summed E-state index contributed by atoms with van der Waals surface area (Å²) in [6.45, 7) is 4.17. The second-order valence-electron chi connectivity index (χ2n) is 6.36. The number of thiazole rings is 1. The Kier molecular flexibility index (Phi) is 7.40. The predicted octanol–water partition coefficient (Wildman–Crippen LogP) is 5.27. The molecule has 0 bridgehead atoms. The molecule has 3 rings (SSSR count). The number of nitrogens with two attached hydrogens (primary N) is 1. The molecule has 1 amide bonds. The molecule has 0 aliphatic heterocycles. The number of nitrogens with one attached hydrogen (secondary N) is 1. The fourth-order valence-electron chi connectivity index (χ4n) is 2.49. The summed E-state index contributed by atoms with van der Waals surface area (Å²) in [4.78, 5) is 20.7. The largest absolute Gasteiger partial charge is 0.468 e. The number of benzene rings is 1. The van der Waals surface area contributed by atoms with Crippen molar-refractivity contribution in [3.63, 3.8) is 0 Å². The Labute approximate surface area is 181 Å². The number of hydrogen-bond acceptors (Lipinski definition) is 6. The van der Waals surface area contributed by atoms with Crippen LogP contribution in [0.1, 0.15) is 29.0 Å². The van der Waals surface area contributed by atoms with E-state index in [2.05, 4.69) is 26.6 Å². The summed E-state index contributed by atoms with van der Waals surface area (Å²) in [5.74, 6) is -0.580. The van der Waals surface area contributed by atoms with Gasteiger partial charge in [0, 0.05) is 34.5 Å². The van der Waals surface area contributed by atoms with Crippen molar-refractivity contribution in [2.75, 3.05) is 11.9 Å². The zero-order valence-corrected chi connectivity index (χ0v) is 16.6. The van der Waals surface area contributed by atoms with Crippen LogP contribution in [0.15, 0.2) is 48.5 Å². The van der Waals surface area contributed by atoms with Gasteiger partial charge in [-0.3, -0.25) is 4.79 Å². The number of anilines is 1. The van der Waals surface area contributed by atoms with Crippen LogP contribution in [-0.4, -0.2) is 28.7 Å². The molecule has 0 aliphatic carbocycles. The van der Waals surface area contributed by atoms with Crippen LogP contribution in [0, 0.1) is 6.92 Å². The zero-order chi connectivity index (χ0) is 21.9. The minimum atomic E-state index is -4.44. The summed E-state index contributed by atoms with van der Waals surface area (Å²) in [5.41, 5.74) is 8.90. The Morgan fingerprint density at radius 3 is 2.65 bits per heavy atom. The van der Waals surface area contributed by atoms with Crippen LogP contribution >= 0.6 is 11.3 Å². The molecule has 164 valence electrons. The van der Waals surface area contributed by atoms with E-state index in [-0.39, 0.29) is 19.0 Å². The van der Waals surface area contributed by atoms with E-state index in [0.29, 0.717) is 27.5 Å². The van der Waals surface area contributed by atoms with Crippen LogP contribution in [0.25, 0.3) is 16.3 Å². The van der Waals surface area contributed by atoms with Crippen LogP contribution in [0.2, 0.25) is 0 Å². The number of pyridine rings is 1. The highest BCUT2D eigenvalue weighted by molar-refractivity contribution is 7.13. The molecule has 0 aliphatic rings. The number of alkyl halides is 3. The first-order valence-electron chi connectivity index (χ1n) is 8.60. The number of carbonyl (C=O) groups is 1. The van der Waals surface area contributed by atoms with E-state index in [1.54, 1.807) is 17.5 Å². The molecule has 0 saturated carbocycles. The quantitative estimate of drug-likeness (QED) is 0.534. The average Bonchev–Trinajstić information content (AvgIpc) is 3.16. The van der Waals surface area contributed by atoms with Gasteiger partial charge in [0.15, 0.2) is 6.61 Å². The van der Waals surface area contributed by atoms with Gasteiger partial charge in [0.25, 0.3) is 5.91 Å². The van der Waals surface area contributed by atoms with Gasteiger partial charge >= 0.3 is 6.18 Å². The van der Waals surface area contributed by atoms with Gasteiger partial charge in [-0.05, 0) is 24.6 Å². The lowest BCUT2D eigenvalue weighted by molar-refractivity contribution is -0.154. The number of aromatic nitrogens is 2. The Hall–Kier alpha value is -3.40. The highest BCUT2D eigenvalue weighted by Gasteiger charge is 2.28. The van der Waals surface area contributed by atoms with Crippen molar-refractivity contribution in [1.82, 2.24) is 9.97 Å². The highest BCUT2D eigenvalue weighted by Crippen LogP contribution is 2.27. The van der Waals surface area contributed by atoms with Crippen molar-refractivity contribution < 1.29 is 22.7 Å². The number of aryl methyl sites for hydroxylation is 1. The number of carbonyl (C=O) groups excluding carboxylic acids is 1. The van der Waals surface area contributed by atoms with Gasteiger partial charge in [-0.15, -0.1) is 11.3 Å². The normalized spacial score (nSPS) is 10.8. The Morgan fingerprint density at radius 2 is 2.03 bits per heavy atom. The van der Waals surface area contributed by atoms with Crippen LogP contribution in [0.3, 0.4) is 0 Å². The Bertz CT molecular complexity index is 1080. The van der Waals surface area contributed by atoms with Crippen molar-refractivity contribution in [1.29, 1.82) is 0 Å². The van der Waals surface area contributed by atoms with Crippen LogP contribution < -0.4 is 15.8 Å². The summed E-state index contributed by atoms with van der Waals surface area (Å²) >= 11 is 1.20. The van der Waals surface area contributed by atoms with Crippen molar-refractivity contribution in [2.45, 2.75) is 20.5 Å². The van der Waals surface area contributed by atoms with Gasteiger partial charge < -0.3 is 15.8 Å². The number of ether oxygens (including phenoxy) is 1. The molecule has 0 unspecified atom stereocenters. The second-order valence-corrected chi connectivity index (χ2v) is 7.21. The third kappa shape index (κ3) is 6.29. The molecule has 0 spiro atoms. The van der Waals surface area contributed by atoms with E-state index in [4.69, 9.17) is 5.73 Å². The van der Waals surface area contributed by atoms with Gasteiger partial charge in [-0.1, -0.05) is 26.1 Å². The summed E-state index contributed by atoms with van der Waals surface area (Å²) in [7, 11) is 0. The average molecular weight is 450 g/mol. The van der Waals surface area contributed by atoms with Crippen molar-refractivity contribution >= 4 is 28.6 Å². The van der Waals surface area contributed by atoms with Crippen molar-refractivity contribution in [3.8, 4) is 16.5 Å². The molecule has 0 radical (unpaired) electrons. The molecule has 3 aromatic rings. The molecule has 0 saturated heterocycles. The second kappa shape index (κ2) is 9.61. The number of rotatable bonds is 6. The van der Waals surface area contributed by atoms with Crippen LogP contribution in [0.5, 0.6) is 5.88 Å². The Balaban J connectivity index is 0.00000341. The fraction of sp³-hybridized carbons (Fsp3) is 0.190. The summed E-state index contributed by atoms with van der Waals surface area (Å²) in [5, 5.41) is 4.84. The number of hydrogen-bond donors (Lipinski definition) is 2. The minimum Gasteiger partial charge on any atom is -0.468 e. The summed E-state index contributed by atoms with van der Waals surface area (Å²) in [6, 6.07) is 8.25. The van der Waals surface area contributed by atoms with Crippen molar-refractivity contribution in [2.24, 2.45) is 5.73 Å². The minimum absolute atomic E-state index is 0. The maximum Gasteiger partial charge on any atom is 0.422 e. The Morgan fingerprint density at radius 1 is 1.29 bits per heavy atom. The monoisotopic (exact) mass is 450 g/mol. The molecule has 31 heavy (non-hydrogen) atoms. The van der Waals surface area contributed by atoms with E-state index in [9.17, 15) is 18.0 Å². The SMILES string of the molecule is C.C=C(N)c1ccc(C)cc1NC(=O)c1csc(-c2ccc(OCC(F)(F)F)nc2)n1. The number of amides is 1.